The zero-order valence-corrected chi connectivity index (χ0v) is 13.4. The molecule has 4 rings (SSSR count). The number of nitrogens with one attached hydrogen (secondary N) is 1. The second-order valence-corrected chi connectivity index (χ2v) is 6.08. The third-order valence-electron chi connectivity index (χ3n) is 4.47. The normalized spacial score (nSPS) is 15.8. The predicted molar refractivity (Wildman–Crippen MR) is 91.5 cm³/mol. The third kappa shape index (κ3) is 3.00. The van der Waals surface area contributed by atoms with Gasteiger partial charge in [0.1, 0.15) is 11.0 Å². The Kier molecular flexibility index (Phi) is 3.96. The van der Waals surface area contributed by atoms with E-state index in [-0.39, 0.29) is 5.91 Å². The Bertz CT molecular complexity index is 837. The maximum absolute atomic E-state index is 12.7. The van der Waals surface area contributed by atoms with E-state index in [0.717, 1.165) is 43.8 Å². The Hall–Kier alpha value is -2.73. The number of amides is 1. The molecule has 2 aromatic carbocycles. The minimum atomic E-state index is 0.0688. The van der Waals surface area contributed by atoms with Gasteiger partial charge in [-0.25, -0.2) is 0 Å². The van der Waals surface area contributed by atoms with E-state index in [0.29, 0.717) is 5.56 Å². The summed E-state index contributed by atoms with van der Waals surface area (Å²) in [6, 6.07) is 15.9. The Morgan fingerprint density at radius 3 is 2.50 bits per heavy atom. The van der Waals surface area contributed by atoms with Gasteiger partial charge in [-0.15, -0.1) is 0 Å². The Labute approximate surface area is 140 Å². The van der Waals surface area contributed by atoms with Crippen LogP contribution in [0.1, 0.15) is 15.9 Å². The molecule has 1 N–H and O–H groups in total. The van der Waals surface area contributed by atoms with Gasteiger partial charge in [-0.3, -0.25) is 9.69 Å². The van der Waals surface area contributed by atoms with Crippen molar-refractivity contribution >= 4 is 16.9 Å². The fourth-order valence-electron chi connectivity index (χ4n) is 3.11. The van der Waals surface area contributed by atoms with E-state index >= 15 is 0 Å². The fraction of sp³-hybridized carbons (Fsp3) is 0.278. The number of carbonyl (C=O) groups is 1. The lowest BCUT2D eigenvalue weighted by molar-refractivity contribution is 0.0628. The van der Waals surface area contributed by atoms with Gasteiger partial charge in [0.05, 0.1) is 0 Å². The molecule has 6 nitrogen and oxygen atoms in total. The molecule has 0 unspecified atom stereocenters. The molecule has 0 radical (unpaired) electrons. The van der Waals surface area contributed by atoms with Crippen LogP contribution in [0.5, 0.6) is 0 Å². The van der Waals surface area contributed by atoms with E-state index in [1.165, 1.54) is 5.56 Å². The highest BCUT2D eigenvalue weighted by Crippen LogP contribution is 2.15. The van der Waals surface area contributed by atoms with Crippen LogP contribution in [0.25, 0.3) is 11.0 Å². The van der Waals surface area contributed by atoms with Crippen LogP contribution in [0.2, 0.25) is 0 Å². The predicted octanol–water partition coefficient (Wildman–Crippen LogP) is 1.92. The van der Waals surface area contributed by atoms with Crippen LogP contribution in [0, 0.1) is 0 Å². The Morgan fingerprint density at radius 1 is 0.958 bits per heavy atom. The van der Waals surface area contributed by atoms with Crippen molar-refractivity contribution in [3.63, 3.8) is 0 Å². The monoisotopic (exact) mass is 321 g/mol. The van der Waals surface area contributed by atoms with Crippen molar-refractivity contribution in [2.45, 2.75) is 6.54 Å². The lowest BCUT2D eigenvalue weighted by Crippen LogP contribution is -2.48. The van der Waals surface area contributed by atoms with Gasteiger partial charge < -0.3 is 4.90 Å². The summed E-state index contributed by atoms with van der Waals surface area (Å²) in [6.45, 7) is 4.23. The van der Waals surface area contributed by atoms with Crippen LogP contribution in [0.3, 0.4) is 0 Å². The van der Waals surface area contributed by atoms with E-state index in [2.05, 4.69) is 44.6 Å². The molecule has 2 heterocycles. The van der Waals surface area contributed by atoms with Crippen molar-refractivity contribution in [1.82, 2.24) is 25.2 Å². The number of carbonyl (C=O) groups excluding carboxylic acids is 1. The highest BCUT2D eigenvalue weighted by molar-refractivity contribution is 5.97. The third-order valence-corrected chi connectivity index (χ3v) is 4.47. The van der Waals surface area contributed by atoms with Crippen LogP contribution < -0.4 is 0 Å². The minimum absolute atomic E-state index is 0.0688. The van der Waals surface area contributed by atoms with Crippen LogP contribution in [-0.2, 0) is 6.54 Å². The molecule has 1 aliphatic heterocycles. The largest absolute Gasteiger partial charge is 0.336 e. The van der Waals surface area contributed by atoms with Gasteiger partial charge in [-0.05, 0) is 23.8 Å². The standard InChI is InChI=1S/C18H19N5O/c24-18(15-6-7-16-17(12-15)20-21-19-16)23-10-8-22(9-11-23)13-14-4-2-1-3-5-14/h1-7,12H,8-11,13H2,(H,19,20,21). The number of benzene rings is 2. The molecule has 1 saturated heterocycles. The van der Waals surface area contributed by atoms with Crippen LogP contribution in [-0.4, -0.2) is 57.3 Å². The van der Waals surface area contributed by atoms with Gasteiger partial charge in [0, 0.05) is 38.3 Å². The molecule has 1 fully saturated rings. The Balaban J connectivity index is 1.39. The van der Waals surface area contributed by atoms with E-state index in [4.69, 9.17) is 0 Å². The molecule has 24 heavy (non-hydrogen) atoms. The zero-order valence-electron chi connectivity index (χ0n) is 13.4. The average Bonchev–Trinajstić information content (AvgIpc) is 3.10. The second kappa shape index (κ2) is 6.41. The molecule has 6 heteroatoms. The van der Waals surface area contributed by atoms with Crippen LogP contribution >= 0.6 is 0 Å². The number of H-pyrrole nitrogens is 1. The molecule has 122 valence electrons. The average molecular weight is 321 g/mol. The summed E-state index contributed by atoms with van der Waals surface area (Å²) in [5.74, 6) is 0.0688. The number of aromatic nitrogens is 3. The molecule has 0 spiro atoms. The van der Waals surface area contributed by atoms with Crippen molar-refractivity contribution in [3.05, 3.63) is 59.7 Å². The lowest BCUT2D eigenvalue weighted by atomic mass is 10.1. The summed E-state index contributed by atoms with van der Waals surface area (Å²) in [6.07, 6.45) is 0. The summed E-state index contributed by atoms with van der Waals surface area (Å²) < 4.78 is 0. The van der Waals surface area contributed by atoms with Gasteiger partial charge >= 0.3 is 0 Å². The molecule has 1 amide bonds. The summed E-state index contributed by atoms with van der Waals surface area (Å²) >= 11 is 0. The summed E-state index contributed by atoms with van der Waals surface area (Å²) in [7, 11) is 0. The topological polar surface area (TPSA) is 65.1 Å². The van der Waals surface area contributed by atoms with Gasteiger partial charge in [0.15, 0.2) is 0 Å². The maximum Gasteiger partial charge on any atom is 0.254 e. The van der Waals surface area contributed by atoms with Crippen molar-refractivity contribution in [3.8, 4) is 0 Å². The van der Waals surface area contributed by atoms with Gasteiger partial charge in [-0.2, -0.15) is 15.4 Å². The molecule has 3 aromatic rings. The molecule has 0 aliphatic carbocycles. The molecule has 0 saturated carbocycles. The first-order valence-electron chi connectivity index (χ1n) is 8.16. The summed E-state index contributed by atoms with van der Waals surface area (Å²) in [5.41, 5.74) is 3.49. The maximum atomic E-state index is 12.7. The summed E-state index contributed by atoms with van der Waals surface area (Å²) in [4.78, 5) is 17.0. The lowest BCUT2D eigenvalue weighted by Gasteiger charge is -2.34. The highest BCUT2D eigenvalue weighted by atomic mass is 16.2. The zero-order chi connectivity index (χ0) is 16.4. The molecule has 1 aliphatic rings. The van der Waals surface area contributed by atoms with Gasteiger partial charge in [0.2, 0.25) is 0 Å². The quantitative estimate of drug-likeness (QED) is 0.800. The van der Waals surface area contributed by atoms with Crippen molar-refractivity contribution in [2.24, 2.45) is 0 Å². The number of nitrogens with zero attached hydrogens (tertiary/aromatic N) is 4. The first kappa shape index (κ1) is 14.8. The van der Waals surface area contributed by atoms with Gasteiger partial charge in [0.25, 0.3) is 5.91 Å². The highest BCUT2D eigenvalue weighted by Gasteiger charge is 2.22. The number of hydrogen-bond acceptors (Lipinski definition) is 4. The van der Waals surface area contributed by atoms with Gasteiger partial charge in [-0.1, -0.05) is 30.3 Å². The molecule has 1 aromatic heterocycles. The number of hydrogen-bond donors (Lipinski definition) is 1. The SMILES string of the molecule is O=C(c1ccc2n[nH]nc2c1)N1CCN(Cc2ccccc2)CC1. The Morgan fingerprint density at radius 2 is 1.71 bits per heavy atom. The number of rotatable bonds is 3. The number of fused-ring (bicyclic) bond motifs is 1. The van der Waals surface area contributed by atoms with Crippen molar-refractivity contribution in [1.29, 1.82) is 0 Å². The van der Waals surface area contributed by atoms with E-state index < -0.39 is 0 Å². The van der Waals surface area contributed by atoms with E-state index in [1.54, 1.807) is 6.07 Å². The molecule has 0 bridgehead atoms. The number of aromatic amines is 1. The smallest absolute Gasteiger partial charge is 0.254 e. The molecular formula is C18H19N5O. The summed E-state index contributed by atoms with van der Waals surface area (Å²) in [5, 5.41) is 10.6. The number of piperazine rings is 1. The van der Waals surface area contributed by atoms with E-state index in [9.17, 15) is 4.79 Å². The fourth-order valence-corrected chi connectivity index (χ4v) is 3.11. The molecular weight excluding hydrogens is 302 g/mol. The first-order valence-corrected chi connectivity index (χ1v) is 8.16. The van der Waals surface area contributed by atoms with Crippen LogP contribution in [0.15, 0.2) is 48.5 Å². The van der Waals surface area contributed by atoms with Crippen LogP contribution in [0.4, 0.5) is 0 Å². The second-order valence-electron chi connectivity index (χ2n) is 6.08. The molecule has 0 atom stereocenters. The van der Waals surface area contributed by atoms with Crippen molar-refractivity contribution < 1.29 is 4.79 Å². The first-order chi connectivity index (χ1) is 11.8. The van der Waals surface area contributed by atoms with E-state index in [1.807, 2.05) is 23.1 Å². The van der Waals surface area contributed by atoms with Crippen molar-refractivity contribution in [2.75, 3.05) is 26.2 Å². The minimum Gasteiger partial charge on any atom is -0.336 e.